The highest BCUT2D eigenvalue weighted by Crippen LogP contribution is 2.38. The molecule has 1 fully saturated rings. The van der Waals surface area contributed by atoms with Crippen LogP contribution in [0.3, 0.4) is 0 Å². The second-order valence-electron chi connectivity index (χ2n) is 9.03. The summed E-state index contributed by atoms with van der Waals surface area (Å²) in [5.74, 6) is 0.430. The van der Waals surface area contributed by atoms with E-state index in [2.05, 4.69) is 34.5 Å². The monoisotopic (exact) mass is 444 g/mol. The van der Waals surface area contributed by atoms with Crippen LogP contribution < -0.4 is 10.1 Å². The topological polar surface area (TPSA) is 41.6 Å². The summed E-state index contributed by atoms with van der Waals surface area (Å²) in [6.45, 7) is 3.15. The minimum atomic E-state index is -0.558. The first-order chi connectivity index (χ1) is 16.1. The molecule has 4 nitrogen and oxygen atoms in total. The van der Waals surface area contributed by atoms with Crippen LogP contribution in [-0.2, 0) is 17.8 Å². The molecular weight excluding hydrogens is 415 g/mol. The number of ether oxygens (including phenoxy) is 1. The number of rotatable bonds is 7. The van der Waals surface area contributed by atoms with E-state index < -0.39 is 6.10 Å². The van der Waals surface area contributed by atoms with Gasteiger partial charge in [0.1, 0.15) is 11.6 Å². The number of amides is 1. The van der Waals surface area contributed by atoms with Crippen molar-refractivity contribution in [2.75, 3.05) is 6.54 Å². The van der Waals surface area contributed by atoms with Crippen molar-refractivity contribution in [3.8, 4) is 5.75 Å². The molecule has 2 atom stereocenters. The Bertz CT molecular complexity index is 1130. The second kappa shape index (κ2) is 9.36. The summed E-state index contributed by atoms with van der Waals surface area (Å²) >= 11 is 0. The Labute approximate surface area is 194 Å². The van der Waals surface area contributed by atoms with Crippen molar-refractivity contribution in [2.24, 2.45) is 0 Å². The van der Waals surface area contributed by atoms with E-state index in [4.69, 9.17) is 4.74 Å². The molecule has 5 heteroatoms. The molecule has 1 aliphatic heterocycles. The Morgan fingerprint density at radius 2 is 1.85 bits per heavy atom. The molecule has 5 rings (SSSR count). The maximum absolute atomic E-state index is 14.5. The summed E-state index contributed by atoms with van der Waals surface area (Å²) in [5.41, 5.74) is 4.26. The van der Waals surface area contributed by atoms with Gasteiger partial charge in [-0.3, -0.25) is 9.69 Å². The van der Waals surface area contributed by atoms with Crippen LogP contribution in [0.15, 0.2) is 72.8 Å². The number of carbonyl (C=O) groups is 1. The van der Waals surface area contributed by atoms with Gasteiger partial charge < -0.3 is 10.1 Å². The zero-order valence-corrected chi connectivity index (χ0v) is 18.8. The molecule has 0 saturated heterocycles. The lowest BCUT2D eigenvalue weighted by atomic mass is 9.87. The summed E-state index contributed by atoms with van der Waals surface area (Å²) in [4.78, 5) is 14.7. The molecule has 0 unspecified atom stereocenters. The summed E-state index contributed by atoms with van der Waals surface area (Å²) in [7, 11) is 0. The molecular formula is C28H29FN2O2. The molecule has 170 valence electrons. The summed E-state index contributed by atoms with van der Waals surface area (Å²) in [5, 5.41) is 3.00. The normalized spacial score (nSPS) is 18.9. The van der Waals surface area contributed by atoms with Crippen molar-refractivity contribution < 1.29 is 13.9 Å². The van der Waals surface area contributed by atoms with Crippen molar-refractivity contribution in [3.63, 3.8) is 0 Å². The van der Waals surface area contributed by atoms with E-state index in [9.17, 15) is 9.18 Å². The van der Waals surface area contributed by atoms with Crippen LogP contribution in [0.5, 0.6) is 5.75 Å². The van der Waals surface area contributed by atoms with Crippen molar-refractivity contribution in [3.05, 3.63) is 101 Å². The number of fused-ring (bicyclic) bond motifs is 1. The summed E-state index contributed by atoms with van der Waals surface area (Å²) in [6.07, 6.45) is 2.42. The van der Waals surface area contributed by atoms with E-state index in [0.29, 0.717) is 23.9 Å². The third kappa shape index (κ3) is 4.93. The van der Waals surface area contributed by atoms with Gasteiger partial charge in [-0.05, 0) is 61.1 Å². The molecule has 1 aliphatic carbocycles. The SMILES string of the molecule is C[C@H](Oc1ccc2c(c1)[C@@H](c1ccccc1)N(Cc1ccccc1F)CC2)C(=O)NC1CC1. The molecule has 1 amide bonds. The Kier molecular flexibility index (Phi) is 6.14. The number of carbonyl (C=O) groups excluding carboxylic acids is 1. The van der Waals surface area contributed by atoms with Gasteiger partial charge in [-0.15, -0.1) is 0 Å². The van der Waals surface area contributed by atoms with E-state index in [0.717, 1.165) is 36.9 Å². The number of hydrogen-bond donors (Lipinski definition) is 1. The van der Waals surface area contributed by atoms with Crippen LogP contribution in [-0.4, -0.2) is 29.5 Å². The highest BCUT2D eigenvalue weighted by Gasteiger charge is 2.30. The van der Waals surface area contributed by atoms with Crippen molar-refractivity contribution >= 4 is 5.91 Å². The number of hydrogen-bond acceptors (Lipinski definition) is 3. The molecule has 2 aliphatic rings. The summed E-state index contributed by atoms with van der Waals surface area (Å²) < 4.78 is 20.5. The molecule has 0 radical (unpaired) electrons. The Hall–Kier alpha value is -3.18. The van der Waals surface area contributed by atoms with Crippen LogP contribution in [0.1, 0.15) is 48.1 Å². The zero-order valence-electron chi connectivity index (χ0n) is 18.8. The van der Waals surface area contributed by atoms with Gasteiger partial charge >= 0.3 is 0 Å². The molecule has 0 aromatic heterocycles. The van der Waals surface area contributed by atoms with Gasteiger partial charge in [-0.25, -0.2) is 4.39 Å². The highest BCUT2D eigenvalue weighted by molar-refractivity contribution is 5.81. The second-order valence-corrected chi connectivity index (χ2v) is 9.03. The maximum Gasteiger partial charge on any atom is 0.260 e. The van der Waals surface area contributed by atoms with E-state index in [1.807, 2.05) is 36.4 Å². The largest absolute Gasteiger partial charge is 0.481 e. The fourth-order valence-corrected chi connectivity index (χ4v) is 4.56. The van der Waals surface area contributed by atoms with Crippen molar-refractivity contribution in [2.45, 2.75) is 50.9 Å². The predicted octanol–water partition coefficient (Wildman–Crippen LogP) is 5.02. The van der Waals surface area contributed by atoms with Gasteiger partial charge in [0, 0.05) is 24.7 Å². The first kappa shape index (κ1) is 21.7. The average Bonchev–Trinajstić information content (AvgIpc) is 3.65. The van der Waals surface area contributed by atoms with Gasteiger partial charge in [-0.2, -0.15) is 0 Å². The number of benzene rings is 3. The Balaban J connectivity index is 1.44. The van der Waals surface area contributed by atoms with Gasteiger partial charge in [0.05, 0.1) is 6.04 Å². The third-order valence-corrected chi connectivity index (χ3v) is 6.50. The third-order valence-electron chi connectivity index (χ3n) is 6.50. The molecule has 1 saturated carbocycles. The molecule has 3 aromatic rings. The number of halogens is 1. The average molecular weight is 445 g/mol. The molecule has 1 heterocycles. The van der Waals surface area contributed by atoms with Crippen molar-refractivity contribution in [1.29, 1.82) is 0 Å². The van der Waals surface area contributed by atoms with Crippen LogP contribution in [0.2, 0.25) is 0 Å². The molecule has 0 spiro atoms. The van der Waals surface area contributed by atoms with Crippen molar-refractivity contribution in [1.82, 2.24) is 10.2 Å². The molecule has 33 heavy (non-hydrogen) atoms. The van der Waals surface area contributed by atoms with Crippen LogP contribution in [0, 0.1) is 5.82 Å². The summed E-state index contributed by atoms with van der Waals surface area (Å²) in [6, 6.07) is 23.7. The fraction of sp³-hybridized carbons (Fsp3) is 0.321. The zero-order chi connectivity index (χ0) is 22.8. The van der Waals surface area contributed by atoms with Crippen LogP contribution >= 0.6 is 0 Å². The first-order valence-electron chi connectivity index (χ1n) is 11.7. The minimum Gasteiger partial charge on any atom is -0.481 e. The van der Waals surface area contributed by atoms with E-state index in [-0.39, 0.29) is 17.8 Å². The lowest BCUT2D eigenvalue weighted by molar-refractivity contribution is -0.127. The van der Waals surface area contributed by atoms with Gasteiger partial charge in [0.25, 0.3) is 5.91 Å². The van der Waals surface area contributed by atoms with Gasteiger partial charge in [0.15, 0.2) is 6.10 Å². The molecule has 3 aromatic carbocycles. The molecule has 0 bridgehead atoms. The standard InChI is InChI=1S/C28H29FN2O2/c1-19(28(32)30-23-12-13-23)33-24-14-11-20-15-16-31(18-22-9-5-6-10-26(22)29)27(25(20)17-24)21-7-3-2-4-8-21/h2-11,14,17,19,23,27H,12-13,15-16,18H2,1H3,(H,30,32)/t19-,27+/m0/s1. The Morgan fingerprint density at radius 3 is 2.61 bits per heavy atom. The quantitative estimate of drug-likeness (QED) is 0.556. The van der Waals surface area contributed by atoms with E-state index in [1.165, 1.54) is 11.6 Å². The maximum atomic E-state index is 14.5. The van der Waals surface area contributed by atoms with E-state index >= 15 is 0 Å². The molecule has 1 N–H and O–H groups in total. The van der Waals surface area contributed by atoms with Crippen LogP contribution in [0.25, 0.3) is 0 Å². The number of nitrogens with zero attached hydrogens (tertiary/aromatic N) is 1. The lowest BCUT2D eigenvalue weighted by Gasteiger charge is -2.38. The van der Waals surface area contributed by atoms with Gasteiger partial charge in [0.2, 0.25) is 0 Å². The predicted molar refractivity (Wildman–Crippen MR) is 126 cm³/mol. The smallest absolute Gasteiger partial charge is 0.260 e. The highest BCUT2D eigenvalue weighted by atomic mass is 19.1. The minimum absolute atomic E-state index is 0.0197. The number of nitrogens with one attached hydrogen (secondary N) is 1. The Morgan fingerprint density at radius 1 is 1.09 bits per heavy atom. The first-order valence-corrected chi connectivity index (χ1v) is 11.7. The fourth-order valence-electron chi connectivity index (χ4n) is 4.56. The lowest BCUT2D eigenvalue weighted by Crippen LogP contribution is -2.38. The van der Waals surface area contributed by atoms with Crippen LogP contribution in [0.4, 0.5) is 4.39 Å². The van der Waals surface area contributed by atoms with Gasteiger partial charge in [-0.1, -0.05) is 54.6 Å². The van der Waals surface area contributed by atoms with E-state index in [1.54, 1.807) is 13.0 Å².